The molecule has 1 aromatic rings. The van der Waals surface area contributed by atoms with E-state index in [2.05, 4.69) is 25.7 Å². The zero-order valence-electron chi connectivity index (χ0n) is 13.9. The van der Waals surface area contributed by atoms with Crippen LogP contribution in [0.5, 0.6) is 11.5 Å². The highest BCUT2D eigenvalue weighted by Gasteiger charge is 2.08. The van der Waals surface area contributed by atoms with E-state index in [-0.39, 0.29) is 5.97 Å². The van der Waals surface area contributed by atoms with Gasteiger partial charge in [0.15, 0.2) is 0 Å². The molecule has 1 N–H and O–H groups in total. The molecule has 122 valence electrons. The van der Waals surface area contributed by atoms with Crippen LogP contribution in [0.15, 0.2) is 30.9 Å². The molecule has 0 atom stereocenters. The van der Waals surface area contributed by atoms with Gasteiger partial charge in [-0.25, -0.2) is 0 Å². The van der Waals surface area contributed by atoms with E-state index in [1.54, 1.807) is 13.0 Å². The van der Waals surface area contributed by atoms with Crippen LogP contribution in [0.3, 0.4) is 0 Å². The Morgan fingerprint density at radius 3 is 2.82 bits per heavy atom. The van der Waals surface area contributed by atoms with Gasteiger partial charge in [0.25, 0.3) is 0 Å². The number of rotatable bonds is 10. The summed E-state index contributed by atoms with van der Waals surface area (Å²) in [6.45, 7) is 11.4. The molecule has 0 amide bonds. The molecule has 0 aliphatic carbocycles. The SMILES string of the molecule is C=CCc1cc(OC(=O)CC)ccc1OCCCNC(C)C. The average Bonchev–Trinajstić information content (AvgIpc) is 2.48. The molecule has 0 aromatic heterocycles. The highest BCUT2D eigenvalue weighted by molar-refractivity contribution is 5.72. The molecule has 0 fully saturated rings. The summed E-state index contributed by atoms with van der Waals surface area (Å²) in [5.74, 6) is 1.14. The number of nitrogens with one attached hydrogen (secondary N) is 1. The summed E-state index contributed by atoms with van der Waals surface area (Å²) in [4.78, 5) is 11.4. The summed E-state index contributed by atoms with van der Waals surface area (Å²) in [5, 5.41) is 3.35. The summed E-state index contributed by atoms with van der Waals surface area (Å²) >= 11 is 0. The van der Waals surface area contributed by atoms with Gasteiger partial charge in [0, 0.05) is 18.0 Å². The Bertz CT molecular complexity index is 483. The van der Waals surface area contributed by atoms with Crippen molar-refractivity contribution in [3.63, 3.8) is 0 Å². The predicted octanol–water partition coefficient (Wildman–Crippen LogP) is 3.50. The molecule has 0 aliphatic heterocycles. The molecule has 4 heteroatoms. The third kappa shape index (κ3) is 6.76. The number of ether oxygens (including phenoxy) is 2. The van der Waals surface area contributed by atoms with Gasteiger partial charge in [-0.1, -0.05) is 26.8 Å². The standard InChI is InChI=1S/C18H27NO3/c1-5-8-15-13-16(22-18(20)6-2)9-10-17(15)21-12-7-11-19-14(3)4/h5,9-10,13-14,19H,1,6-8,11-12H2,2-4H3. The first kappa shape index (κ1) is 18.2. The maximum absolute atomic E-state index is 11.4. The zero-order valence-corrected chi connectivity index (χ0v) is 13.9. The second-order valence-electron chi connectivity index (χ2n) is 5.40. The molecular weight excluding hydrogens is 278 g/mol. The first-order valence-corrected chi connectivity index (χ1v) is 7.87. The molecule has 0 bridgehead atoms. The molecule has 0 spiro atoms. The van der Waals surface area contributed by atoms with Gasteiger partial charge in [0.2, 0.25) is 0 Å². The highest BCUT2D eigenvalue weighted by atomic mass is 16.5. The zero-order chi connectivity index (χ0) is 16.4. The number of carbonyl (C=O) groups is 1. The van der Waals surface area contributed by atoms with Crippen LogP contribution in [0.2, 0.25) is 0 Å². The monoisotopic (exact) mass is 305 g/mol. The maximum atomic E-state index is 11.4. The second-order valence-corrected chi connectivity index (χ2v) is 5.40. The van der Waals surface area contributed by atoms with Crippen LogP contribution in [-0.2, 0) is 11.2 Å². The number of carbonyl (C=O) groups excluding carboxylic acids is 1. The van der Waals surface area contributed by atoms with Gasteiger partial charge in [-0.3, -0.25) is 4.79 Å². The largest absolute Gasteiger partial charge is 0.493 e. The fourth-order valence-electron chi connectivity index (χ4n) is 1.92. The maximum Gasteiger partial charge on any atom is 0.310 e. The van der Waals surface area contributed by atoms with E-state index in [1.165, 1.54) is 0 Å². The first-order chi connectivity index (χ1) is 10.6. The Hall–Kier alpha value is -1.81. The van der Waals surface area contributed by atoms with Gasteiger partial charge in [-0.2, -0.15) is 0 Å². The summed E-state index contributed by atoms with van der Waals surface area (Å²) in [7, 11) is 0. The van der Waals surface area contributed by atoms with E-state index in [9.17, 15) is 4.79 Å². The van der Waals surface area contributed by atoms with Crippen molar-refractivity contribution in [2.24, 2.45) is 0 Å². The van der Waals surface area contributed by atoms with Gasteiger partial charge in [0.1, 0.15) is 11.5 Å². The van der Waals surface area contributed by atoms with Crippen molar-refractivity contribution in [3.8, 4) is 11.5 Å². The molecule has 0 radical (unpaired) electrons. The number of hydrogen-bond acceptors (Lipinski definition) is 4. The molecule has 0 saturated carbocycles. The number of allylic oxidation sites excluding steroid dienone is 1. The van der Waals surface area contributed by atoms with Crippen LogP contribution >= 0.6 is 0 Å². The highest BCUT2D eigenvalue weighted by Crippen LogP contribution is 2.25. The smallest absolute Gasteiger partial charge is 0.310 e. The Labute approximate surface area is 133 Å². The molecule has 0 aliphatic rings. The van der Waals surface area contributed by atoms with Crippen LogP contribution in [0.1, 0.15) is 39.2 Å². The molecular formula is C18H27NO3. The van der Waals surface area contributed by atoms with Crippen molar-refractivity contribution in [2.75, 3.05) is 13.2 Å². The third-order valence-electron chi connectivity index (χ3n) is 3.05. The lowest BCUT2D eigenvalue weighted by atomic mass is 10.1. The van der Waals surface area contributed by atoms with Crippen molar-refractivity contribution in [3.05, 3.63) is 36.4 Å². The lowest BCUT2D eigenvalue weighted by molar-refractivity contribution is -0.134. The minimum absolute atomic E-state index is 0.238. The molecule has 0 saturated heterocycles. The number of benzene rings is 1. The fraction of sp³-hybridized carbons (Fsp3) is 0.500. The second kappa shape index (κ2) is 10.0. The molecule has 1 rings (SSSR count). The summed E-state index contributed by atoms with van der Waals surface area (Å²) in [5.41, 5.74) is 0.980. The Morgan fingerprint density at radius 1 is 1.41 bits per heavy atom. The van der Waals surface area contributed by atoms with E-state index in [0.717, 1.165) is 24.3 Å². The molecule has 4 nitrogen and oxygen atoms in total. The quantitative estimate of drug-likeness (QED) is 0.311. The van der Waals surface area contributed by atoms with Crippen molar-refractivity contribution in [1.29, 1.82) is 0 Å². The molecule has 1 aromatic carbocycles. The van der Waals surface area contributed by atoms with Gasteiger partial charge < -0.3 is 14.8 Å². The van der Waals surface area contributed by atoms with Crippen molar-refractivity contribution >= 4 is 5.97 Å². The van der Waals surface area contributed by atoms with E-state index in [0.29, 0.717) is 31.2 Å². The molecule has 0 unspecified atom stereocenters. The van der Waals surface area contributed by atoms with E-state index < -0.39 is 0 Å². The number of hydrogen-bond donors (Lipinski definition) is 1. The van der Waals surface area contributed by atoms with E-state index in [1.807, 2.05) is 18.2 Å². The van der Waals surface area contributed by atoms with Crippen LogP contribution in [0.25, 0.3) is 0 Å². The summed E-state index contributed by atoms with van der Waals surface area (Å²) in [6.07, 6.45) is 3.79. The van der Waals surface area contributed by atoms with Gasteiger partial charge in [0.05, 0.1) is 6.61 Å². The predicted molar refractivity (Wildman–Crippen MR) is 89.5 cm³/mol. The average molecular weight is 305 g/mol. The third-order valence-corrected chi connectivity index (χ3v) is 3.05. The first-order valence-electron chi connectivity index (χ1n) is 7.87. The van der Waals surface area contributed by atoms with Crippen molar-refractivity contribution in [2.45, 2.75) is 46.1 Å². The van der Waals surface area contributed by atoms with E-state index >= 15 is 0 Å². The normalized spacial score (nSPS) is 10.5. The Balaban J connectivity index is 2.61. The van der Waals surface area contributed by atoms with Gasteiger partial charge >= 0.3 is 5.97 Å². The van der Waals surface area contributed by atoms with Crippen molar-refractivity contribution in [1.82, 2.24) is 5.32 Å². The van der Waals surface area contributed by atoms with Crippen LogP contribution in [-0.4, -0.2) is 25.2 Å². The molecule has 0 heterocycles. The van der Waals surface area contributed by atoms with Crippen LogP contribution in [0, 0.1) is 0 Å². The van der Waals surface area contributed by atoms with Crippen LogP contribution in [0.4, 0.5) is 0 Å². The summed E-state index contributed by atoms with van der Waals surface area (Å²) < 4.78 is 11.1. The topological polar surface area (TPSA) is 47.6 Å². The van der Waals surface area contributed by atoms with E-state index in [4.69, 9.17) is 9.47 Å². The lowest BCUT2D eigenvalue weighted by Crippen LogP contribution is -2.24. The summed E-state index contributed by atoms with van der Waals surface area (Å²) in [6, 6.07) is 5.95. The van der Waals surface area contributed by atoms with Crippen molar-refractivity contribution < 1.29 is 14.3 Å². The minimum Gasteiger partial charge on any atom is -0.493 e. The fourth-order valence-corrected chi connectivity index (χ4v) is 1.92. The van der Waals surface area contributed by atoms with Crippen LogP contribution < -0.4 is 14.8 Å². The Kier molecular flexibility index (Phi) is 8.30. The Morgan fingerprint density at radius 2 is 2.18 bits per heavy atom. The molecule has 22 heavy (non-hydrogen) atoms. The van der Waals surface area contributed by atoms with Gasteiger partial charge in [-0.05, 0) is 37.6 Å². The number of esters is 1. The lowest BCUT2D eigenvalue weighted by Gasteiger charge is -2.13. The minimum atomic E-state index is -0.238. The van der Waals surface area contributed by atoms with Gasteiger partial charge in [-0.15, -0.1) is 6.58 Å².